The first-order chi connectivity index (χ1) is 9.04. The minimum Gasteiger partial charge on any atom is -0.496 e. The van der Waals surface area contributed by atoms with Crippen LogP contribution in [0, 0.1) is 6.92 Å². The summed E-state index contributed by atoms with van der Waals surface area (Å²) >= 11 is 10.9. The van der Waals surface area contributed by atoms with E-state index in [1.807, 2.05) is 6.07 Å². The van der Waals surface area contributed by atoms with Crippen LogP contribution in [0.2, 0.25) is 0 Å². The Labute approximate surface area is 138 Å². The average molecular weight is 449 g/mol. The lowest BCUT2D eigenvalue weighted by Crippen LogP contribution is -1.96. The normalized spacial score (nSPS) is 12.3. The number of hydrogen-bond donors (Lipinski definition) is 0. The second-order valence-corrected chi connectivity index (χ2v) is 6.80. The first kappa shape index (κ1) is 15.1. The Morgan fingerprint density at radius 2 is 1.84 bits per heavy atom. The van der Waals surface area contributed by atoms with Gasteiger partial charge in [0.05, 0.1) is 16.4 Å². The Bertz CT molecular complexity index is 596. The molecule has 0 aliphatic rings. The van der Waals surface area contributed by atoms with Crippen LogP contribution in [0.25, 0.3) is 0 Å². The van der Waals surface area contributed by atoms with Crippen LogP contribution in [0.5, 0.6) is 5.75 Å². The predicted molar refractivity (Wildman–Crippen MR) is 90.3 cm³/mol. The van der Waals surface area contributed by atoms with E-state index in [0.717, 1.165) is 14.7 Å². The predicted octanol–water partition coefficient (Wildman–Crippen LogP) is 6.01. The molecule has 4 heteroatoms. The van der Waals surface area contributed by atoms with Crippen LogP contribution >= 0.6 is 47.8 Å². The van der Waals surface area contributed by atoms with E-state index in [2.05, 4.69) is 85.0 Å². The molecule has 1 unspecified atom stereocenters. The Balaban J connectivity index is 2.41. The Kier molecular flexibility index (Phi) is 5.09. The highest BCUT2D eigenvalue weighted by Crippen LogP contribution is 2.39. The molecule has 0 saturated heterocycles. The molecule has 0 bridgehead atoms. The highest BCUT2D eigenvalue weighted by Gasteiger charge is 2.15. The van der Waals surface area contributed by atoms with Crippen molar-refractivity contribution in [2.24, 2.45) is 0 Å². The maximum absolute atomic E-state index is 5.26. The average Bonchev–Trinajstić information content (AvgIpc) is 2.41. The van der Waals surface area contributed by atoms with Gasteiger partial charge in [0.15, 0.2) is 0 Å². The van der Waals surface area contributed by atoms with Crippen LogP contribution in [-0.2, 0) is 0 Å². The van der Waals surface area contributed by atoms with Gasteiger partial charge in [-0.15, -0.1) is 0 Å². The number of methoxy groups -OCH3 is 1. The third-order valence-electron chi connectivity index (χ3n) is 2.96. The summed E-state index contributed by atoms with van der Waals surface area (Å²) in [7, 11) is 1.67. The quantitative estimate of drug-likeness (QED) is 0.522. The van der Waals surface area contributed by atoms with Gasteiger partial charge in [-0.2, -0.15) is 0 Å². The highest BCUT2D eigenvalue weighted by molar-refractivity contribution is 9.11. The fraction of sp³-hybridized carbons (Fsp3) is 0.200. The monoisotopic (exact) mass is 446 g/mol. The van der Waals surface area contributed by atoms with Gasteiger partial charge < -0.3 is 4.74 Å². The van der Waals surface area contributed by atoms with Gasteiger partial charge in [0.2, 0.25) is 0 Å². The van der Waals surface area contributed by atoms with Gasteiger partial charge in [0.25, 0.3) is 0 Å². The van der Waals surface area contributed by atoms with Crippen LogP contribution in [-0.4, -0.2) is 7.11 Å². The number of benzene rings is 2. The second-order valence-electron chi connectivity index (χ2n) is 4.23. The van der Waals surface area contributed by atoms with E-state index >= 15 is 0 Å². The zero-order valence-corrected chi connectivity index (χ0v) is 15.3. The lowest BCUT2D eigenvalue weighted by Gasteiger charge is -2.15. The third-order valence-corrected chi connectivity index (χ3v) is 5.69. The Morgan fingerprint density at radius 1 is 1.11 bits per heavy atom. The molecular weight excluding hydrogens is 436 g/mol. The first-order valence-corrected chi connectivity index (χ1v) is 8.27. The van der Waals surface area contributed by atoms with E-state index in [9.17, 15) is 0 Å². The van der Waals surface area contributed by atoms with Crippen LogP contribution < -0.4 is 4.74 Å². The van der Waals surface area contributed by atoms with Crippen LogP contribution in [0.1, 0.15) is 21.5 Å². The van der Waals surface area contributed by atoms with Crippen molar-refractivity contribution in [3.8, 4) is 5.75 Å². The zero-order valence-electron chi connectivity index (χ0n) is 10.6. The molecule has 0 spiro atoms. The summed E-state index contributed by atoms with van der Waals surface area (Å²) in [4.78, 5) is 0.143. The first-order valence-electron chi connectivity index (χ1n) is 5.77. The van der Waals surface area contributed by atoms with E-state index in [1.54, 1.807) is 7.11 Å². The lowest BCUT2D eigenvalue weighted by atomic mass is 10.0. The molecule has 0 fully saturated rings. The van der Waals surface area contributed by atoms with Gasteiger partial charge in [-0.1, -0.05) is 56.1 Å². The summed E-state index contributed by atoms with van der Waals surface area (Å²) in [6.07, 6.45) is 0. The summed E-state index contributed by atoms with van der Waals surface area (Å²) in [6.45, 7) is 2.09. The van der Waals surface area contributed by atoms with Gasteiger partial charge in [-0.05, 0) is 51.7 Å². The third kappa shape index (κ3) is 3.23. The van der Waals surface area contributed by atoms with Crippen molar-refractivity contribution in [2.75, 3.05) is 7.11 Å². The Morgan fingerprint density at radius 3 is 2.47 bits per heavy atom. The van der Waals surface area contributed by atoms with Gasteiger partial charge >= 0.3 is 0 Å². The van der Waals surface area contributed by atoms with Crippen LogP contribution in [0.3, 0.4) is 0 Å². The largest absolute Gasteiger partial charge is 0.496 e. The SMILES string of the molecule is COc1ccc(C(Br)c2cccc(C)c2Br)cc1Br. The van der Waals surface area contributed by atoms with Crippen molar-refractivity contribution in [3.05, 3.63) is 62.0 Å². The van der Waals surface area contributed by atoms with Gasteiger partial charge in [-0.25, -0.2) is 0 Å². The molecule has 0 aromatic heterocycles. The molecule has 2 aromatic rings. The van der Waals surface area contributed by atoms with Crippen molar-refractivity contribution in [1.29, 1.82) is 0 Å². The van der Waals surface area contributed by atoms with Crippen molar-refractivity contribution in [2.45, 2.75) is 11.8 Å². The van der Waals surface area contributed by atoms with Gasteiger partial charge in [-0.3, -0.25) is 0 Å². The fourth-order valence-electron chi connectivity index (χ4n) is 1.89. The molecule has 2 rings (SSSR count). The minimum atomic E-state index is 0.143. The van der Waals surface area contributed by atoms with Crippen LogP contribution in [0.15, 0.2) is 45.3 Å². The number of ether oxygens (including phenoxy) is 1. The standard InChI is InChI=1S/C15H13Br3O/c1-9-4-3-5-11(14(9)17)15(18)10-6-7-13(19-2)12(16)8-10/h3-8,15H,1-2H3. The number of alkyl halides is 1. The molecule has 2 aromatic carbocycles. The maximum Gasteiger partial charge on any atom is 0.133 e. The number of halogens is 3. The van der Waals surface area contributed by atoms with E-state index in [-0.39, 0.29) is 4.83 Å². The topological polar surface area (TPSA) is 9.23 Å². The molecule has 0 saturated carbocycles. The smallest absolute Gasteiger partial charge is 0.133 e. The molecular formula is C15H13Br3O. The van der Waals surface area contributed by atoms with Crippen molar-refractivity contribution in [1.82, 2.24) is 0 Å². The number of hydrogen-bond acceptors (Lipinski definition) is 1. The van der Waals surface area contributed by atoms with Crippen molar-refractivity contribution < 1.29 is 4.74 Å². The van der Waals surface area contributed by atoms with Gasteiger partial charge in [0, 0.05) is 4.47 Å². The summed E-state index contributed by atoms with van der Waals surface area (Å²) < 4.78 is 7.36. The minimum absolute atomic E-state index is 0.143. The van der Waals surface area contributed by atoms with E-state index in [4.69, 9.17) is 4.74 Å². The maximum atomic E-state index is 5.26. The highest BCUT2D eigenvalue weighted by atomic mass is 79.9. The van der Waals surface area contributed by atoms with Crippen molar-refractivity contribution >= 4 is 47.8 Å². The lowest BCUT2D eigenvalue weighted by molar-refractivity contribution is 0.412. The molecule has 0 amide bonds. The molecule has 0 aliphatic carbocycles. The van der Waals surface area contributed by atoms with Crippen molar-refractivity contribution in [3.63, 3.8) is 0 Å². The molecule has 19 heavy (non-hydrogen) atoms. The number of aryl methyl sites for hydroxylation is 1. The summed E-state index contributed by atoms with van der Waals surface area (Å²) in [6, 6.07) is 12.4. The summed E-state index contributed by atoms with van der Waals surface area (Å²) in [5, 5.41) is 0. The van der Waals surface area contributed by atoms with E-state index < -0.39 is 0 Å². The molecule has 0 N–H and O–H groups in total. The summed E-state index contributed by atoms with van der Waals surface area (Å²) in [5.41, 5.74) is 3.63. The van der Waals surface area contributed by atoms with Gasteiger partial charge in [0.1, 0.15) is 5.75 Å². The molecule has 1 nitrogen and oxygen atoms in total. The van der Waals surface area contributed by atoms with E-state index in [1.165, 1.54) is 16.7 Å². The molecule has 0 radical (unpaired) electrons. The number of rotatable bonds is 3. The molecule has 0 heterocycles. The van der Waals surface area contributed by atoms with Crippen LogP contribution in [0.4, 0.5) is 0 Å². The molecule has 1 atom stereocenters. The zero-order chi connectivity index (χ0) is 14.0. The van der Waals surface area contributed by atoms with E-state index in [0.29, 0.717) is 0 Å². The fourth-order valence-corrected chi connectivity index (χ4v) is 3.91. The summed E-state index contributed by atoms with van der Waals surface area (Å²) in [5.74, 6) is 0.840. The molecule has 0 aliphatic heterocycles. The second kappa shape index (κ2) is 6.42. The Hall–Kier alpha value is -0.320. The molecule has 100 valence electrons.